The van der Waals surface area contributed by atoms with Crippen molar-refractivity contribution in [3.63, 3.8) is 0 Å². The van der Waals surface area contributed by atoms with Crippen molar-refractivity contribution in [3.05, 3.63) is 57.6 Å². The monoisotopic (exact) mass is 438 g/mol. The maximum absolute atomic E-state index is 11.3. The lowest BCUT2D eigenvalue weighted by molar-refractivity contribution is 0.441. The standard InChI is InChI=1S/C30H46O2/c1-18(25-21(29(8,9)10)14-19(16-23(25)31)27(2,3)4)26-22(30(11,12)13)15-20(17-24(26)32)28(5,6)7/h14-18,31-32H,1-13H3. The van der Waals surface area contributed by atoms with E-state index in [1.54, 1.807) is 0 Å². The molecule has 0 aliphatic carbocycles. The van der Waals surface area contributed by atoms with Crippen LogP contribution in [0.5, 0.6) is 11.5 Å². The zero-order valence-electron chi connectivity index (χ0n) is 22.8. The third-order valence-corrected chi connectivity index (χ3v) is 6.53. The molecule has 0 bridgehead atoms. The van der Waals surface area contributed by atoms with Gasteiger partial charge in [-0.2, -0.15) is 0 Å². The predicted octanol–water partition coefficient (Wildman–Crippen LogP) is 8.44. The molecule has 0 amide bonds. The number of benzene rings is 2. The van der Waals surface area contributed by atoms with Crippen molar-refractivity contribution in [2.45, 2.75) is 118 Å². The fourth-order valence-corrected chi connectivity index (χ4v) is 4.44. The van der Waals surface area contributed by atoms with Crippen LogP contribution in [0.4, 0.5) is 0 Å². The van der Waals surface area contributed by atoms with Gasteiger partial charge in [0.25, 0.3) is 0 Å². The average Bonchev–Trinajstić information content (AvgIpc) is 2.56. The van der Waals surface area contributed by atoms with Gasteiger partial charge < -0.3 is 10.2 Å². The lowest BCUT2D eigenvalue weighted by atomic mass is 9.71. The Morgan fingerprint density at radius 2 is 0.781 bits per heavy atom. The van der Waals surface area contributed by atoms with E-state index in [0.717, 1.165) is 33.4 Å². The van der Waals surface area contributed by atoms with Gasteiger partial charge in [0.15, 0.2) is 0 Å². The highest BCUT2D eigenvalue weighted by atomic mass is 16.3. The van der Waals surface area contributed by atoms with Gasteiger partial charge in [-0.3, -0.25) is 0 Å². The molecule has 0 unspecified atom stereocenters. The Labute approximate surface area is 197 Å². The summed E-state index contributed by atoms with van der Waals surface area (Å²) < 4.78 is 0. The third kappa shape index (κ3) is 5.33. The van der Waals surface area contributed by atoms with Gasteiger partial charge in [0.1, 0.15) is 11.5 Å². The van der Waals surface area contributed by atoms with Crippen LogP contribution in [0.25, 0.3) is 0 Å². The summed E-state index contributed by atoms with van der Waals surface area (Å²) in [7, 11) is 0. The quantitative estimate of drug-likeness (QED) is 0.494. The minimum Gasteiger partial charge on any atom is -0.508 e. The molecular formula is C30H46O2. The maximum atomic E-state index is 11.3. The molecule has 0 spiro atoms. The first kappa shape index (κ1) is 26.3. The van der Waals surface area contributed by atoms with Crippen molar-refractivity contribution in [2.75, 3.05) is 0 Å². The fourth-order valence-electron chi connectivity index (χ4n) is 4.44. The van der Waals surface area contributed by atoms with E-state index in [0.29, 0.717) is 11.5 Å². The van der Waals surface area contributed by atoms with Crippen molar-refractivity contribution < 1.29 is 10.2 Å². The lowest BCUT2D eigenvalue weighted by Gasteiger charge is -2.34. The van der Waals surface area contributed by atoms with Crippen LogP contribution in [-0.2, 0) is 21.7 Å². The summed E-state index contributed by atoms with van der Waals surface area (Å²) in [6.07, 6.45) is 0. The second kappa shape index (κ2) is 8.12. The SMILES string of the molecule is CC(c1c(O)cc(C(C)(C)C)cc1C(C)(C)C)c1c(O)cc(C(C)(C)C)cc1C(C)(C)C. The molecule has 0 fully saturated rings. The van der Waals surface area contributed by atoms with Crippen LogP contribution >= 0.6 is 0 Å². The number of hydrogen-bond acceptors (Lipinski definition) is 2. The predicted molar refractivity (Wildman–Crippen MR) is 139 cm³/mol. The Bertz CT molecular complexity index is 902. The topological polar surface area (TPSA) is 40.5 Å². The molecule has 0 aliphatic rings. The Morgan fingerprint density at radius 1 is 0.500 bits per heavy atom. The molecule has 2 aromatic rings. The summed E-state index contributed by atoms with van der Waals surface area (Å²) in [5.41, 5.74) is 5.92. The molecule has 0 heterocycles. The molecular weight excluding hydrogens is 392 g/mol. The summed E-state index contributed by atoms with van der Waals surface area (Å²) in [5.74, 6) is 0.476. The molecule has 0 saturated heterocycles. The minimum atomic E-state index is -0.151. The Morgan fingerprint density at radius 3 is 1.00 bits per heavy atom. The molecule has 32 heavy (non-hydrogen) atoms. The highest BCUT2D eigenvalue weighted by Gasteiger charge is 2.33. The van der Waals surface area contributed by atoms with Crippen LogP contribution in [-0.4, -0.2) is 10.2 Å². The van der Waals surface area contributed by atoms with Crippen LogP contribution in [0.3, 0.4) is 0 Å². The second-order valence-corrected chi connectivity index (χ2v) is 13.6. The summed E-state index contributed by atoms with van der Waals surface area (Å²) in [6, 6.07) is 8.34. The van der Waals surface area contributed by atoms with Crippen molar-refractivity contribution >= 4 is 0 Å². The van der Waals surface area contributed by atoms with E-state index in [9.17, 15) is 10.2 Å². The van der Waals surface area contributed by atoms with Gasteiger partial charge in [0.2, 0.25) is 0 Å². The average molecular weight is 439 g/mol. The fraction of sp³-hybridized carbons (Fsp3) is 0.600. The highest BCUT2D eigenvalue weighted by Crippen LogP contribution is 2.47. The van der Waals surface area contributed by atoms with Crippen molar-refractivity contribution in [1.82, 2.24) is 0 Å². The third-order valence-electron chi connectivity index (χ3n) is 6.53. The van der Waals surface area contributed by atoms with Gasteiger partial charge in [-0.25, -0.2) is 0 Å². The van der Waals surface area contributed by atoms with Crippen LogP contribution in [0.2, 0.25) is 0 Å². The number of hydrogen-bond donors (Lipinski definition) is 2. The normalized spacial score (nSPS) is 13.7. The van der Waals surface area contributed by atoms with Crippen molar-refractivity contribution in [1.29, 1.82) is 0 Å². The molecule has 0 saturated carbocycles. The molecule has 2 heteroatoms. The molecule has 0 atom stereocenters. The molecule has 2 N–H and O–H groups in total. The van der Waals surface area contributed by atoms with Crippen LogP contribution < -0.4 is 0 Å². The Hall–Kier alpha value is -1.96. The lowest BCUT2D eigenvalue weighted by Crippen LogP contribution is -2.22. The van der Waals surface area contributed by atoms with Gasteiger partial charge >= 0.3 is 0 Å². The van der Waals surface area contributed by atoms with Crippen molar-refractivity contribution in [3.8, 4) is 11.5 Å². The smallest absolute Gasteiger partial charge is 0.119 e. The number of phenolic OH excluding ortho intramolecular Hbond substituents is 2. The molecule has 0 aliphatic heterocycles. The largest absolute Gasteiger partial charge is 0.508 e. The zero-order valence-corrected chi connectivity index (χ0v) is 22.8. The Kier molecular flexibility index (Phi) is 6.67. The van der Waals surface area contributed by atoms with Gasteiger partial charge in [-0.15, -0.1) is 0 Å². The first-order chi connectivity index (χ1) is 14.2. The van der Waals surface area contributed by atoms with Crippen LogP contribution in [0, 0.1) is 0 Å². The molecule has 178 valence electrons. The minimum absolute atomic E-state index is 0.0632. The number of aromatic hydroxyl groups is 2. The van der Waals surface area contributed by atoms with Crippen LogP contribution in [0.15, 0.2) is 24.3 Å². The molecule has 2 rings (SSSR count). The summed E-state index contributed by atoms with van der Waals surface area (Å²) in [6.45, 7) is 28.3. The summed E-state index contributed by atoms with van der Waals surface area (Å²) >= 11 is 0. The van der Waals surface area contributed by atoms with Crippen LogP contribution in [0.1, 0.15) is 129 Å². The highest BCUT2D eigenvalue weighted by molar-refractivity contribution is 5.58. The summed E-state index contributed by atoms with van der Waals surface area (Å²) in [5, 5.41) is 22.6. The first-order valence-electron chi connectivity index (χ1n) is 11.9. The Balaban J connectivity index is 2.90. The number of rotatable bonds is 2. The van der Waals surface area contributed by atoms with Crippen molar-refractivity contribution in [2.24, 2.45) is 0 Å². The maximum Gasteiger partial charge on any atom is 0.119 e. The first-order valence-corrected chi connectivity index (χ1v) is 11.9. The van der Waals surface area contributed by atoms with Gasteiger partial charge in [0.05, 0.1) is 0 Å². The van der Waals surface area contributed by atoms with Gasteiger partial charge in [-0.1, -0.05) is 102 Å². The van der Waals surface area contributed by atoms with E-state index in [1.807, 2.05) is 12.1 Å². The van der Waals surface area contributed by atoms with E-state index in [-0.39, 0.29) is 27.6 Å². The van der Waals surface area contributed by atoms with Gasteiger partial charge in [0, 0.05) is 17.0 Å². The zero-order chi connectivity index (χ0) is 25.0. The van der Waals surface area contributed by atoms with E-state index in [4.69, 9.17) is 0 Å². The molecule has 0 radical (unpaired) electrons. The van der Waals surface area contributed by atoms with E-state index in [1.165, 1.54) is 0 Å². The van der Waals surface area contributed by atoms with E-state index >= 15 is 0 Å². The van der Waals surface area contributed by atoms with Gasteiger partial charge in [-0.05, 0) is 56.0 Å². The van der Waals surface area contributed by atoms with E-state index in [2.05, 4.69) is 102 Å². The second-order valence-electron chi connectivity index (χ2n) is 13.6. The van der Waals surface area contributed by atoms with E-state index < -0.39 is 0 Å². The molecule has 0 aromatic heterocycles. The summed E-state index contributed by atoms with van der Waals surface area (Å²) in [4.78, 5) is 0. The number of phenols is 2. The molecule has 2 nitrogen and oxygen atoms in total. The molecule has 2 aromatic carbocycles.